The van der Waals surface area contributed by atoms with Crippen molar-refractivity contribution in [1.29, 1.82) is 0 Å². The summed E-state index contributed by atoms with van der Waals surface area (Å²) in [5.41, 5.74) is 1.18. The van der Waals surface area contributed by atoms with Gasteiger partial charge in [-0.15, -0.1) is 0 Å². The van der Waals surface area contributed by atoms with E-state index in [1.807, 2.05) is 12.1 Å². The number of carbonyl (C=O) groups is 1. The Kier molecular flexibility index (Phi) is 7.12. The number of ether oxygens (including phenoxy) is 1. The van der Waals surface area contributed by atoms with E-state index >= 15 is 0 Å². The van der Waals surface area contributed by atoms with Crippen LogP contribution in [0.15, 0.2) is 24.3 Å². The maximum absolute atomic E-state index is 13.0. The van der Waals surface area contributed by atoms with Crippen molar-refractivity contribution in [2.45, 2.75) is 57.0 Å². The third-order valence-electron chi connectivity index (χ3n) is 8.87. The molecule has 0 saturated carbocycles. The number of benzene rings is 1. The molecule has 0 aromatic heterocycles. The summed E-state index contributed by atoms with van der Waals surface area (Å²) in [7, 11) is 4.05. The molecule has 6 nitrogen and oxygen atoms in total. The fourth-order valence-corrected chi connectivity index (χ4v) is 7.28. The van der Waals surface area contributed by atoms with Gasteiger partial charge in [-0.2, -0.15) is 0 Å². The van der Waals surface area contributed by atoms with Crippen LogP contribution in [0.2, 0.25) is 0 Å². The third-order valence-corrected chi connectivity index (χ3v) is 8.87. The van der Waals surface area contributed by atoms with E-state index in [2.05, 4.69) is 38.8 Å². The van der Waals surface area contributed by atoms with Crippen LogP contribution in [0.1, 0.15) is 44.9 Å². The highest BCUT2D eigenvalue weighted by molar-refractivity contribution is 5.76. The van der Waals surface area contributed by atoms with Gasteiger partial charge in [0.05, 0.1) is 7.11 Å². The maximum Gasteiger partial charge on any atom is 0.222 e. The monoisotopic (exact) mass is 454 g/mol. The van der Waals surface area contributed by atoms with Gasteiger partial charge in [-0.05, 0) is 82.6 Å². The van der Waals surface area contributed by atoms with E-state index in [0.717, 1.165) is 56.2 Å². The molecule has 4 fully saturated rings. The first-order valence-corrected chi connectivity index (χ1v) is 13.2. The Hall–Kier alpha value is -1.79. The van der Waals surface area contributed by atoms with E-state index in [4.69, 9.17) is 4.74 Å². The zero-order valence-electron chi connectivity index (χ0n) is 20.6. The molecule has 182 valence electrons. The van der Waals surface area contributed by atoms with E-state index in [-0.39, 0.29) is 0 Å². The smallest absolute Gasteiger partial charge is 0.222 e. The average molecular weight is 455 g/mol. The zero-order valence-corrected chi connectivity index (χ0v) is 20.6. The van der Waals surface area contributed by atoms with Crippen LogP contribution in [0.4, 0.5) is 5.69 Å². The van der Waals surface area contributed by atoms with Crippen molar-refractivity contribution in [2.24, 2.45) is 11.8 Å². The largest absolute Gasteiger partial charge is 0.497 e. The molecule has 4 heterocycles. The Labute approximate surface area is 199 Å². The summed E-state index contributed by atoms with van der Waals surface area (Å²) in [5, 5.41) is 0. The van der Waals surface area contributed by atoms with Crippen LogP contribution in [-0.4, -0.2) is 92.7 Å². The van der Waals surface area contributed by atoms with Gasteiger partial charge < -0.3 is 19.4 Å². The average Bonchev–Trinajstić information content (AvgIpc) is 2.86. The third kappa shape index (κ3) is 4.88. The number of likely N-dealkylation sites (tertiary alicyclic amines) is 1. The summed E-state index contributed by atoms with van der Waals surface area (Å²) < 4.78 is 5.36. The van der Waals surface area contributed by atoms with E-state index in [1.165, 1.54) is 57.4 Å². The molecule has 0 radical (unpaired) electrons. The predicted molar refractivity (Wildman–Crippen MR) is 133 cm³/mol. The van der Waals surface area contributed by atoms with Gasteiger partial charge in [0.25, 0.3) is 0 Å². The molecule has 4 saturated heterocycles. The summed E-state index contributed by atoms with van der Waals surface area (Å²) >= 11 is 0. The molecule has 4 aliphatic rings. The molecule has 0 bridgehead atoms. The molecule has 1 amide bonds. The summed E-state index contributed by atoms with van der Waals surface area (Å²) in [5.74, 6) is 2.91. The molecule has 4 aliphatic heterocycles. The Morgan fingerprint density at radius 1 is 1.06 bits per heavy atom. The molecule has 33 heavy (non-hydrogen) atoms. The molecule has 5 rings (SSSR count). The predicted octanol–water partition coefficient (Wildman–Crippen LogP) is 3.32. The lowest BCUT2D eigenvalue weighted by atomic mass is 9.69. The van der Waals surface area contributed by atoms with Gasteiger partial charge in [0.1, 0.15) is 5.75 Å². The second-order valence-corrected chi connectivity index (χ2v) is 10.7. The van der Waals surface area contributed by atoms with Crippen LogP contribution in [-0.2, 0) is 4.79 Å². The molecular formula is C27H42N4O2. The highest BCUT2D eigenvalue weighted by atomic mass is 16.5. The highest BCUT2D eigenvalue weighted by Gasteiger charge is 2.47. The fourth-order valence-electron chi connectivity index (χ4n) is 7.28. The van der Waals surface area contributed by atoms with Crippen molar-refractivity contribution in [3.05, 3.63) is 24.3 Å². The van der Waals surface area contributed by atoms with Gasteiger partial charge in [-0.1, -0.05) is 6.07 Å². The fraction of sp³-hybridized carbons (Fsp3) is 0.741. The Morgan fingerprint density at radius 2 is 1.85 bits per heavy atom. The number of carbonyl (C=O) groups excluding carboxylic acids is 1. The highest BCUT2D eigenvalue weighted by Crippen LogP contribution is 2.42. The van der Waals surface area contributed by atoms with Gasteiger partial charge >= 0.3 is 0 Å². The first kappa shape index (κ1) is 23.0. The number of piperidine rings is 3. The van der Waals surface area contributed by atoms with Crippen molar-refractivity contribution in [2.75, 3.05) is 64.9 Å². The molecule has 1 aromatic rings. The maximum atomic E-state index is 13.0. The van der Waals surface area contributed by atoms with Crippen LogP contribution >= 0.6 is 0 Å². The SMILES string of the molecule is COc1cccc(N2CCN(C(=O)CCC[C@@H]3[C@H]4CCCN5CCC[C@@H](CN3C)[C@@H]45)CC2)c1. The first-order chi connectivity index (χ1) is 16.1. The second kappa shape index (κ2) is 10.2. The molecule has 0 spiro atoms. The Bertz CT molecular complexity index is 807. The van der Waals surface area contributed by atoms with Gasteiger partial charge in [0.2, 0.25) is 5.91 Å². The van der Waals surface area contributed by atoms with E-state index in [9.17, 15) is 4.79 Å². The number of methoxy groups -OCH3 is 1. The van der Waals surface area contributed by atoms with Crippen molar-refractivity contribution in [3.63, 3.8) is 0 Å². The number of hydrogen-bond acceptors (Lipinski definition) is 5. The Balaban J connectivity index is 1.10. The lowest BCUT2D eigenvalue weighted by molar-refractivity contribution is -0.131. The number of rotatable bonds is 6. The normalized spacial score (nSPS) is 30.7. The van der Waals surface area contributed by atoms with E-state index in [0.29, 0.717) is 18.4 Å². The van der Waals surface area contributed by atoms with Crippen LogP contribution in [0.3, 0.4) is 0 Å². The molecule has 0 aliphatic carbocycles. The number of piperazine rings is 1. The summed E-state index contributed by atoms with van der Waals surface area (Å²) in [6.07, 6.45) is 8.43. The molecule has 6 heteroatoms. The summed E-state index contributed by atoms with van der Waals surface area (Å²) in [6.45, 7) is 7.31. The lowest BCUT2D eigenvalue weighted by Gasteiger charge is -2.57. The number of nitrogens with zero attached hydrogens (tertiary/aromatic N) is 4. The molecule has 0 N–H and O–H groups in total. The van der Waals surface area contributed by atoms with Crippen molar-refractivity contribution in [3.8, 4) is 5.75 Å². The van der Waals surface area contributed by atoms with E-state index in [1.54, 1.807) is 7.11 Å². The topological polar surface area (TPSA) is 39.3 Å². The number of hydrogen-bond donors (Lipinski definition) is 0. The second-order valence-electron chi connectivity index (χ2n) is 10.7. The summed E-state index contributed by atoms with van der Waals surface area (Å²) in [4.78, 5) is 22.9. The van der Waals surface area contributed by atoms with Crippen molar-refractivity contribution < 1.29 is 9.53 Å². The minimum atomic E-state index is 0.347. The lowest BCUT2D eigenvalue weighted by Crippen LogP contribution is -2.63. The van der Waals surface area contributed by atoms with Crippen LogP contribution in [0.5, 0.6) is 5.75 Å². The van der Waals surface area contributed by atoms with Crippen molar-refractivity contribution >= 4 is 11.6 Å². The van der Waals surface area contributed by atoms with Crippen LogP contribution < -0.4 is 9.64 Å². The van der Waals surface area contributed by atoms with Crippen LogP contribution in [0, 0.1) is 11.8 Å². The van der Waals surface area contributed by atoms with Gasteiger partial charge in [0, 0.05) is 63.0 Å². The van der Waals surface area contributed by atoms with Crippen molar-refractivity contribution in [1.82, 2.24) is 14.7 Å². The molecule has 4 atom stereocenters. The zero-order chi connectivity index (χ0) is 22.8. The minimum absolute atomic E-state index is 0.347. The van der Waals surface area contributed by atoms with Gasteiger partial charge in [0.15, 0.2) is 0 Å². The Morgan fingerprint density at radius 3 is 2.64 bits per heavy atom. The first-order valence-electron chi connectivity index (χ1n) is 13.2. The van der Waals surface area contributed by atoms with Gasteiger partial charge in [-0.25, -0.2) is 0 Å². The summed E-state index contributed by atoms with van der Waals surface area (Å²) in [6, 6.07) is 9.70. The van der Waals surface area contributed by atoms with Gasteiger partial charge in [-0.3, -0.25) is 9.69 Å². The molecule has 0 unspecified atom stereocenters. The number of anilines is 1. The standard InChI is InChI=1S/C27H42N4O2/c1-28-20-21-7-5-13-31-14-6-10-24(27(21)31)25(28)11-4-12-26(32)30-17-15-29(16-18-30)22-8-3-9-23(19-22)33-2/h3,8-9,19,21,24-25,27H,4-7,10-18,20H2,1-2H3/t21-,24+,25+,27-/m0/s1. The molecular weight excluding hydrogens is 412 g/mol. The van der Waals surface area contributed by atoms with E-state index < -0.39 is 0 Å². The van der Waals surface area contributed by atoms with Crippen LogP contribution in [0.25, 0.3) is 0 Å². The minimum Gasteiger partial charge on any atom is -0.497 e. The number of amides is 1. The molecule has 1 aromatic carbocycles. The quantitative estimate of drug-likeness (QED) is 0.659.